The van der Waals surface area contributed by atoms with Gasteiger partial charge in [-0.1, -0.05) is 55.5 Å². The summed E-state index contributed by atoms with van der Waals surface area (Å²) in [6.45, 7) is 4.51. The summed E-state index contributed by atoms with van der Waals surface area (Å²) in [5, 5.41) is 0. The highest BCUT2D eigenvalue weighted by Crippen LogP contribution is 2.23. The number of carbonyl (C=O) groups is 1. The highest BCUT2D eigenvalue weighted by Gasteiger charge is 2.26. The van der Waals surface area contributed by atoms with E-state index in [2.05, 4.69) is 0 Å². The Bertz CT molecular complexity index is 568. The number of rotatable bonds is 5. The molecule has 0 saturated heterocycles. The van der Waals surface area contributed by atoms with E-state index in [0.717, 1.165) is 11.3 Å². The van der Waals surface area contributed by atoms with Gasteiger partial charge in [0, 0.05) is 18.3 Å². The van der Waals surface area contributed by atoms with E-state index in [1.807, 2.05) is 74.5 Å². The second-order valence-corrected chi connectivity index (χ2v) is 5.14. The summed E-state index contributed by atoms with van der Waals surface area (Å²) < 4.78 is 0. The van der Waals surface area contributed by atoms with Crippen molar-refractivity contribution in [2.45, 2.75) is 19.9 Å². The minimum atomic E-state index is -0.295. The van der Waals surface area contributed by atoms with Crippen LogP contribution in [-0.4, -0.2) is 12.5 Å². The maximum Gasteiger partial charge on any atom is 0.231 e. The van der Waals surface area contributed by atoms with Crippen molar-refractivity contribution in [3.05, 3.63) is 66.2 Å². The van der Waals surface area contributed by atoms with E-state index in [1.165, 1.54) is 0 Å². The molecule has 1 amide bonds. The molecule has 2 unspecified atom stereocenters. The van der Waals surface area contributed by atoms with Crippen molar-refractivity contribution in [3.8, 4) is 0 Å². The number of nitrogens with two attached hydrogens (primary N) is 1. The Balaban J connectivity index is 2.18. The summed E-state index contributed by atoms with van der Waals surface area (Å²) in [7, 11) is 0. The van der Waals surface area contributed by atoms with Crippen LogP contribution in [0, 0.1) is 5.92 Å². The van der Waals surface area contributed by atoms with Crippen molar-refractivity contribution >= 4 is 11.6 Å². The predicted octanol–water partition coefficient (Wildman–Crippen LogP) is 3.38. The van der Waals surface area contributed by atoms with Crippen molar-refractivity contribution < 1.29 is 4.79 Å². The summed E-state index contributed by atoms with van der Waals surface area (Å²) in [5.41, 5.74) is 8.16. The van der Waals surface area contributed by atoms with Crippen molar-refractivity contribution in [2.75, 3.05) is 11.4 Å². The molecular formula is C18H22N2O. The van der Waals surface area contributed by atoms with Crippen molar-refractivity contribution in [3.63, 3.8) is 0 Å². The van der Waals surface area contributed by atoms with E-state index >= 15 is 0 Å². The lowest BCUT2D eigenvalue weighted by Crippen LogP contribution is -2.39. The van der Waals surface area contributed by atoms with Gasteiger partial charge in [-0.25, -0.2) is 0 Å². The zero-order valence-corrected chi connectivity index (χ0v) is 12.6. The predicted molar refractivity (Wildman–Crippen MR) is 87.0 cm³/mol. The summed E-state index contributed by atoms with van der Waals surface area (Å²) in [6, 6.07) is 19.2. The normalized spacial score (nSPS) is 13.5. The highest BCUT2D eigenvalue weighted by molar-refractivity contribution is 5.95. The second-order valence-electron chi connectivity index (χ2n) is 5.14. The minimum Gasteiger partial charge on any atom is -0.323 e. The third kappa shape index (κ3) is 3.50. The molecule has 2 N–H and O–H groups in total. The van der Waals surface area contributed by atoms with Crippen LogP contribution in [0.1, 0.15) is 25.5 Å². The molecule has 0 aliphatic rings. The van der Waals surface area contributed by atoms with Crippen LogP contribution in [0.2, 0.25) is 0 Å². The summed E-state index contributed by atoms with van der Waals surface area (Å²) in [6.07, 6.45) is 0. The first-order chi connectivity index (χ1) is 10.1. The lowest BCUT2D eigenvalue weighted by Gasteiger charge is -2.27. The molecule has 0 aromatic heterocycles. The summed E-state index contributed by atoms with van der Waals surface area (Å²) >= 11 is 0. The SMILES string of the molecule is CCN(C(=O)C(C)C(N)c1ccccc1)c1ccccc1. The standard InChI is InChI=1S/C18H22N2O/c1-3-20(16-12-8-5-9-13-16)18(21)14(2)17(19)15-10-6-4-7-11-15/h4-14,17H,3,19H2,1-2H3. The first-order valence-corrected chi connectivity index (χ1v) is 7.32. The van der Waals surface area contributed by atoms with E-state index in [-0.39, 0.29) is 17.9 Å². The van der Waals surface area contributed by atoms with Gasteiger partial charge in [0.2, 0.25) is 5.91 Å². The topological polar surface area (TPSA) is 46.3 Å². The van der Waals surface area contributed by atoms with Gasteiger partial charge in [-0.2, -0.15) is 0 Å². The Hall–Kier alpha value is -2.13. The molecule has 0 fully saturated rings. The van der Waals surface area contributed by atoms with Gasteiger partial charge in [-0.05, 0) is 24.6 Å². The van der Waals surface area contributed by atoms with Crippen LogP contribution >= 0.6 is 0 Å². The highest BCUT2D eigenvalue weighted by atomic mass is 16.2. The fraction of sp³-hybridized carbons (Fsp3) is 0.278. The van der Waals surface area contributed by atoms with Gasteiger partial charge in [0.1, 0.15) is 0 Å². The van der Waals surface area contributed by atoms with Crippen molar-refractivity contribution in [2.24, 2.45) is 11.7 Å². The number of amides is 1. The molecule has 0 aliphatic carbocycles. The van der Waals surface area contributed by atoms with Gasteiger partial charge in [0.05, 0.1) is 5.92 Å². The molecule has 3 heteroatoms. The first kappa shape index (κ1) is 15.3. The fourth-order valence-corrected chi connectivity index (χ4v) is 2.44. The molecule has 0 heterocycles. The number of hydrogen-bond acceptors (Lipinski definition) is 2. The molecule has 0 aliphatic heterocycles. The average Bonchev–Trinajstić information content (AvgIpc) is 2.56. The zero-order chi connectivity index (χ0) is 15.2. The molecule has 0 radical (unpaired) electrons. The van der Waals surface area contributed by atoms with E-state index < -0.39 is 0 Å². The lowest BCUT2D eigenvalue weighted by atomic mass is 9.94. The van der Waals surface area contributed by atoms with Gasteiger partial charge in [-0.15, -0.1) is 0 Å². The van der Waals surface area contributed by atoms with Gasteiger partial charge >= 0.3 is 0 Å². The fourth-order valence-electron chi connectivity index (χ4n) is 2.44. The Morgan fingerprint density at radius 3 is 2.10 bits per heavy atom. The van der Waals surface area contributed by atoms with E-state index in [9.17, 15) is 4.79 Å². The van der Waals surface area contributed by atoms with Crippen molar-refractivity contribution in [1.82, 2.24) is 0 Å². The van der Waals surface area contributed by atoms with Crippen LogP contribution in [-0.2, 0) is 4.79 Å². The monoisotopic (exact) mass is 282 g/mol. The quantitative estimate of drug-likeness (QED) is 0.914. The number of para-hydroxylation sites is 1. The van der Waals surface area contributed by atoms with Crippen LogP contribution < -0.4 is 10.6 Å². The Kier molecular flexibility index (Phi) is 5.12. The largest absolute Gasteiger partial charge is 0.323 e. The smallest absolute Gasteiger partial charge is 0.231 e. The third-order valence-corrected chi connectivity index (χ3v) is 3.76. The van der Waals surface area contributed by atoms with Gasteiger partial charge in [0.25, 0.3) is 0 Å². The molecule has 0 saturated carbocycles. The van der Waals surface area contributed by atoms with Crippen LogP contribution in [0.3, 0.4) is 0 Å². The number of anilines is 1. The maximum atomic E-state index is 12.7. The number of hydrogen-bond donors (Lipinski definition) is 1. The molecule has 0 spiro atoms. The second kappa shape index (κ2) is 7.04. The van der Waals surface area contributed by atoms with E-state index in [0.29, 0.717) is 6.54 Å². The maximum absolute atomic E-state index is 12.7. The molecule has 2 rings (SSSR count). The van der Waals surface area contributed by atoms with Crippen LogP contribution in [0.25, 0.3) is 0 Å². The Labute approximate surface area is 126 Å². The summed E-state index contributed by atoms with van der Waals surface area (Å²) in [5.74, 6) is -0.215. The lowest BCUT2D eigenvalue weighted by molar-refractivity contribution is -0.122. The Morgan fingerprint density at radius 2 is 1.57 bits per heavy atom. The van der Waals surface area contributed by atoms with Gasteiger partial charge in [-0.3, -0.25) is 4.79 Å². The number of carbonyl (C=O) groups excluding carboxylic acids is 1. The van der Waals surface area contributed by atoms with Crippen LogP contribution in [0.5, 0.6) is 0 Å². The summed E-state index contributed by atoms with van der Waals surface area (Å²) in [4.78, 5) is 14.5. The molecule has 2 aromatic rings. The zero-order valence-electron chi connectivity index (χ0n) is 12.6. The molecule has 2 aromatic carbocycles. The molecule has 0 bridgehead atoms. The average molecular weight is 282 g/mol. The van der Waals surface area contributed by atoms with Crippen molar-refractivity contribution in [1.29, 1.82) is 0 Å². The van der Waals surface area contributed by atoms with Crippen LogP contribution in [0.4, 0.5) is 5.69 Å². The molecule has 21 heavy (non-hydrogen) atoms. The molecule has 110 valence electrons. The molecular weight excluding hydrogens is 260 g/mol. The third-order valence-electron chi connectivity index (χ3n) is 3.76. The number of nitrogens with zero attached hydrogens (tertiary/aromatic N) is 1. The Morgan fingerprint density at radius 1 is 1.05 bits per heavy atom. The van der Waals surface area contributed by atoms with Gasteiger partial charge < -0.3 is 10.6 Å². The first-order valence-electron chi connectivity index (χ1n) is 7.32. The van der Waals surface area contributed by atoms with Gasteiger partial charge in [0.15, 0.2) is 0 Å². The van der Waals surface area contributed by atoms with Crippen LogP contribution in [0.15, 0.2) is 60.7 Å². The van der Waals surface area contributed by atoms with E-state index in [4.69, 9.17) is 5.73 Å². The molecule has 2 atom stereocenters. The molecule has 3 nitrogen and oxygen atoms in total. The van der Waals surface area contributed by atoms with E-state index in [1.54, 1.807) is 4.90 Å². The minimum absolute atomic E-state index is 0.0556. The number of benzene rings is 2.